The van der Waals surface area contributed by atoms with Gasteiger partial charge in [0.15, 0.2) is 0 Å². The van der Waals surface area contributed by atoms with Crippen molar-refractivity contribution in [2.75, 3.05) is 19.6 Å². The standard InChI is InChI=1S/C13H25NO/c1-12(2,3)11-5-4-8-14(9-11)10-13(15)6-7-13/h11,15H,4-10H2,1-3H3/t11-/m1/s1. The largest absolute Gasteiger partial charge is 0.389 e. The van der Waals surface area contributed by atoms with E-state index in [-0.39, 0.29) is 5.60 Å². The number of likely N-dealkylation sites (tertiary alicyclic amines) is 1. The second-order valence-corrected chi connectivity index (χ2v) is 6.66. The molecule has 2 aliphatic rings. The minimum absolute atomic E-state index is 0.306. The van der Waals surface area contributed by atoms with Crippen molar-refractivity contribution in [3.05, 3.63) is 0 Å². The summed E-state index contributed by atoms with van der Waals surface area (Å²) in [6.07, 6.45) is 4.70. The van der Waals surface area contributed by atoms with E-state index in [1.54, 1.807) is 0 Å². The van der Waals surface area contributed by atoms with Crippen LogP contribution in [0.3, 0.4) is 0 Å². The minimum Gasteiger partial charge on any atom is -0.389 e. The fourth-order valence-electron chi connectivity index (χ4n) is 2.62. The molecule has 15 heavy (non-hydrogen) atoms. The van der Waals surface area contributed by atoms with Crippen LogP contribution in [0, 0.1) is 11.3 Å². The van der Waals surface area contributed by atoms with Crippen LogP contribution in [-0.4, -0.2) is 35.2 Å². The van der Waals surface area contributed by atoms with Gasteiger partial charge in [-0.2, -0.15) is 0 Å². The van der Waals surface area contributed by atoms with E-state index in [9.17, 15) is 5.11 Å². The third kappa shape index (κ3) is 2.94. The fraction of sp³-hybridized carbons (Fsp3) is 1.00. The van der Waals surface area contributed by atoms with Crippen molar-refractivity contribution in [3.8, 4) is 0 Å². The van der Waals surface area contributed by atoms with Gasteiger partial charge in [0, 0.05) is 13.1 Å². The molecular formula is C13H25NO. The van der Waals surface area contributed by atoms with Crippen molar-refractivity contribution in [1.82, 2.24) is 4.90 Å². The zero-order valence-electron chi connectivity index (χ0n) is 10.4. The van der Waals surface area contributed by atoms with Gasteiger partial charge >= 0.3 is 0 Å². The third-order valence-corrected chi connectivity index (χ3v) is 4.08. The molecule has 88 valence electrons. The molecule has 1 saturated carbocycles. The highest BCUT2D eigenvalue weighted by Gasteiger charge is 2.42. The molecule has 0 unspecified atom stereocenters. The van der Waals surface area contributed by atoms with Crippen molar-refractivity contribution in [3.63, 3.8) is 0 Å². The van der Waals surface area contributed by atoms with Crippen LogP contribution in [0.15, 0.2) is 0 Å². The number of hydrogen-bond acceptors (Lipinski definition) is 2. The predicted molar refractivity (Wildman–Crippen MR) is 62.8 cm³/mol. The van der Waals surface area contributed by atoms with Crippen molar-refractivity contribution >= 4 is 0 Å². The second kappa shape index (κ2) is 3.74. The summed E-state index contributed by atoms with van der Waals surface area (Å²) >= 11 is 0. The van der Waals surface area contributed by atoms with Crippen LogP contribution in [0.5, 0.6) is 0 Å². The van der Waals surface area contributed by atoms with E-state index in [1.807, 2.05) is 0 Å². The predicted octanol–water partition coefficient (Wildman–Crippen LogP) is 2.27. The number of β-amino-alcohol motifs (C(OH)–C–C–N with tert-alkyl or cyclic N) is 1. The Morgan fingerprint density at radius 2 is 2.00 bits per heavy atom. The molecule has 2 nitrogen and oxygen atoms in total. The monoisotopic (exact) mass is 211 g/mol. The molecule has 1 atom stereocenters. The molecule has 2 fully saturated rings. The highest BCUT2D eigenvalue weighted by molar-refractivity contribution is 4.97. The van der Waals surface area contributed by atoms with E-state index in [1.165, 1.54) is 25.9 Å². The first-order valence-electron chi connectivity index (χ1n) is 6.34. The fourth-order valence-corrected chi connectivity index (χ4v) is 2.62. The maximum absolute atomic E-state index is 9.93. The average molecular weight is 211 g/mol. The summed E-state index contributed by atoms with van der Waals surface area (Å²) in [7, 11) is 0. The smallest absolute Gasteiger partial charge is 0.0776 e. The van der Waals surface area contributed by atoms with Gasteiger partial charge in [-0.1, -0.05) is 20.8 Å². The molecular weight excluding hydrogens is 186 g/mol. The molecule has 0 bridgehead atoms. The molecule has 1 N–H and O–H groups in total. The van der Waals surface area contributed by atoms with Gasteiger partial charge in [0.2, 0.25) is 0 Å². The Kier molecular flexibility index (Phi) is 2.85. The van der Waals surface area contributed by atoms with Gasteiger partial charge in [0.05, 0.1) is 5.60 Å². The van der Waals surface area contributed by atoms with Crippen LogP contribution in [0.4, 0.5) is 0 Å². The quantitative estimate of drug-likeness (QED) is 0.757. The first-order chi connectivity index (χ1) is 6.89. The average Bonchev–Trinajstić information content (AvgIpc) is 2.82. The van der Waals surface area contributed by atoms with Crippen LogP contribution in [0.25, 0.3) is 0 Å². The van der Waals surface area contributed by atoms with E-state index in [0.29, 0.717) is 5.41 Å². The third-order valence-electron chi connectivity index (χ3n) is 4.08. The zero-order chi connectivity index (χ0) is 11.1. The molecule has 0 spiro atoms. The molecule has 1 aliphatic carbocycles. The van der Waals surface area contributed by atoms with Crippen LogP contribution in [0.2, 0.25) is 0 Å². The SMILES string of the molecule is CC(C)(C)[C@@H]1CCCN(CC2(O)CC2)C1. The Morgan fingerprint density at radius 3 is 2.53 bits per heavy atom. The molecule has 0 amide bonds. The Bertz CT molecular complexity index is 227. The van der Waals surface area contributed by atoms with Gasteiger partial charge in [-0.25, -0.2) is 0 Å². The van der Waals surface area contributed by atoms with Crippen molar-refractivity contribution in [2.45, 2.75) is 52.1 Å². The van der Waals surface area contributed by atoms with Crippen LogP contribution in [-0.2, 0) is 0 Å². The number of aliphatic hydroxyl groups is 1. The van der Waals surface area contributed by atoms with Crippen molar-refractivity contribution < 1.29 is 5.11 Å². The van der Waals surface area contributed by atoms with Gasteiger partial charge in [-0.3, -0.25) is 0 Å². The molecule has 0 aromatic rings. The van der Waals surface area contributed by atoms with Gasteiger partial charge in [0.25, 0.3) is 0 Å². The summed E-state index contributed by atoms with van der Waals surface area (Å²) in [5, 5.41) is 9.93. The molecule has 2 heteroatoms. The van der Waals surface area contributed by atoms with E-state index >= 15 is 0 Å². The summed E-state index contributed by atoms with van der Waals surface area (Å²) in [6.45, 7) is 10.3. The minimum atomic E-state index is -0.306. The van der Waals surface area contributed by atoms with Crippen molar-refractivity contribution in [2.24, 2.45) is 11.3 Å². The van der Waals surface area contributed by atoms with Crippen LogP contribution < -0.4 is 0 Å². The lowest BCUT2D eigenvalue weighted by Crippen LogP contribution is -2.44. The van der Waals surface area contributed by atoms with Gasteiger partial charge in [-0.15, -0.1) is 0 Å². The molecule has 0 aromatic carbocycles. The summed E-state index contributed by atoms with van der Waals surface area (Å²) in [5.41, 5.74) is 0.116. The van der Waals surface area contributed by atoms with Gasteiger partial charge in [-0.05, 0) is 43.6 Å². The summed E-state index contributed by atoms with van der Waals surface area (Å²) in [6, 6.07) is 0. The zero-order valence-corrected chi connectivity index (χ0v) is 10.4. The lowest BCUT2D eigenvalue weighted by Gasteiger charge is -2.40. The van der Waals surface area contributed by atoms with Crippen LogP contribution in [0.1, 0.15) is 46.5 Å². The first-order valence-corrected chi connectivity index (χ1v) is 6.34. The summed E-state index contributed by atoms with van der Waals surface area (Å²) in [4.78, 5) is 2.48. The van der Waals surface area contributed by atoms with Gasteiger partial charge in [0.1, 0.15) is 0 Å². The molecule has 1 saturated heterocycles. The van der Waals surface area contributed by atoms with E-state index in [2.05, 4.69) is 25.7 Å². The van der Waals surface area contributed by atoms with Crippen molar-refractivity contribution in [1.29, 1.82) is 0 Å². The van der Waals surface area contributed by atoms with Crippen LogP contribution >= 0.6 is 0 Å². The number of nitrogens with zero attached hydrogens (tertiary/aromatic N) is 1. The summed E-state index contributed by atoms with van der Waals surface area (Å²) in [5.74, 6) is 0.800. The number of hydrogen-bond donors (Lipinski definition) is 1. The Hall–Kier alpha value is -0.0800. The maximum atomic E-state index is 9.93. The molecule has 1 aliphatic heterocycles. The molecule has 2 rings (SSSR count). The lowest BCUT2D eigenvalue weighted by atomic mass is 9.76. The van der Waals surface area contributed by atoms with E-state index in [0.717, 1.165) is 25.3 Å². The van der Waals surface area contributed by atoms with E-state index < -0.39 is 0 Å². The van der Waals surface area contributed by atoms with Gasteiger partial charge < -0.3 is 10.0 Å². The normalized spacial score (nSPS) is 31.6. The number of piperidine rings is 1. The Balaban J connectivity index is 1.87. The molecule has 1 heterocycles. The number of rotatable bonds is 2. The first kappa shape index (κ1) is 11.4. The van der Waals surface area contributed by atoms with E-state index in [4.69, 9.17) is 0 Å². The lowest BCUT2D eigenvalue weighted by molar-refractivity contribution is 0.0433. The highest BCUT2D eigenvalue weighted by Crippen LogP contribution is 2.38. The molecule has 0 radical (unpaired) electrons. The Labute approximate surface area is 93.7 Å². The highest BCUT2D eigenvalue weighted by atomic mass is 16.3. The summed E-state index contributed by atoms with van der Waals surface area (Å²) < 4.78 is 0. The second-order valence-electron chi connectivity index (χ2n) is 6.66. The topological polar surface area (TPSA) is 23.5 Å². The maximum Gasteiger partial charge on any atom is 0.0776 e. The Morgan fingerprint density at radius 1 is 1.33 bits per heavy atom. The molecule has 0 aromatic heterocycles.